The van der Waals surface area contributed by atoms with E-state index < -0.39 is 11.7 Å². The first kappa shape index (κ1) is 18.6. The molecule has 9 heteroatoms. The van der Waals surface area contributed by atoms with Crippen LogP contribution in [-0.4, -0.2) is 23.6 Å². The second kappa shape index (κ2) is 7.42. The Hall–Kier alpha value is -3.46. The van der Waals surface area contributed by atoms with Crippen LogP contribution in [0.5, 0.6) is 11.5 Å². The lowest BCUT2D eigenvalue weighted by molar-refractivity contribution is -0.117. The summed E-state index contributed by atoms with van der Waals surface area (Å²) in [5.74, 6) is -0.0797. The molecule has 2 aromatic carbocycles. The number of halogens is 1. The summed E-state index contributed by atoms with van der Waals surface area (Å²) in [4.78, 5) is 30.6. The highest BCUT2D eigenvalue weighted by atomic mass is 32.1. The van der Waals surface area contributed by atoms with Gasteiger partial charge in [0.15, 0.2) is 16.6 Å². The molecule has 1 aliphatic heterocycles. The fraction of sp³-hybridized carbons (Fsp3) is 0.190. The largest absolute Gasteiger partial charge is 0.454 e. The second-order valence-corrected chi connectivity index (χ2v) is 8.02. The van der Waals surface area contributed by atoms with Crippen LogP contribution >= 0.6 is 11.3 Å². The molecule has 2 heterocycles. The number of aromatic nitrogens is 1. The van der Waals surface area contributed by atoms with E-state index in [-0.39, 0.29) is 18.6 Å². The van der Waals surface area contributed by atoms with E-state index in [1.54, 1.807) is 18.2 Å². The molecule has 5 rings (SSSR count). The van der Waals surface area contributed by atoms with Crippen LogP contribution in [0.4, 0.5) is 15.2 Å². The molecule has 30 heavy (non-hydrogen) atoms. The molecule has 0 radical (unpaired) electrons. The molecule has 0 unspecified atom stereocenters. The van der Waals surface area contributed by atoms with Crippen LogP contribution in [-0.2, 0) is 11.2 Å². The number of hydrogen-bond acceptors (Lipinski definition) is 6. The number of fused-ring (bicyclic) bond motifs is 2. The van der Waals surface area contributed by atoms with Crippen molar-refractivity contribution in [3.8, 4) is 11.5 Å². The molecule has 3 aromatic rings. The van der Waals surface area contributed by atoms with E-state index in [1.807, 2.05) is 0 Å². The fourth-order valence-corrected chi connectivity index (χ4v) is 4.54. The van der Waals surface area contributed by atoms with Crippen LogP contribution in [0.3, 0.4) is 0 Å². The van der Waals surface area contributed by atoms with Crippen molar-refractivity contribution in [2.45, 2.75) is 18.8 Å². The molecule has 1 atom stereocenters. The monoisotopic (exact) mass is 425 g/mol. The smallest absolute Gasteiger partial charge is 0.257 e. The first-order valence-electron chi connectivity index (χ1n) is 9.34. The molecule has 2 N–H and O–H groups in total. The molecule has 1 aliphatic carbocycles. The Bertz CT molecular complexity index is 1150. The quantitative estimate of drug-likeness (QED) is 0.661. The third-order valence-corrected chi connectivity index (χ3v) is 6.05. The average molecular weight is 425 g/mol. The lowest BCUT2D eigenvalue weighted by Crippen LogP contribution is -2.20. The summed E-state index contributed by atoms with van der Waals surface area (Å²) < 4.78 is 23.7. The molecule has 152 valence electrons. The number of anilines is 2. The summed E-state index contributed by atoms with van der Waals surface area (Å²) in [5.41, 5.74) is 1.65. The lowest BCUT2D eigenvalue weighted by Gasteiger charge is -2.11. The number of rotatable bonds is 4. The summed E-state index contributed by atoms with van der Waals surface area (Å²) in [6, 6.07) is 10.5. The van der Waals surface area contributed by atoms with Crippen LogP contribution in [0.15, 0.2) is 42.5 Å². The van der Waals surface area contributed by atoms with Crippen molar-refractivity contribution in [2.24, 2.45) is 0 Å². The maximum absolute atomic E-state index is 13.0. The van der Waals surface area contributed by atoms with Gasteiger partial charge in [0.2, 0.25) is 12.7 Å². The summed E-state index contributed by atoms with van der Waals surface area (Å²) in [5, 5.41) is 6.06. The summed E-state index contributed by atoms with van der Waals surface area (Å²) in [6.07, 6.45) is 1.38. The van der Waals surface area contributed by atoms with Gasteiger partial charge in [-0.3, -0.25) is 14.9 Å². The summed E-state index contributed by atoms with van der Waals surface area (Å²) >= 11 is 1.36. The first-order chi connectivity index (χ1) is 14.6. The van der Waals surface area contributed by atoms with Gasteiger partial charge in [-0.15, -0.1) is 11.3 Å². The fourth-order valence-electron chi connectivity index (χ4n) is 3.51. The van der Waals surface area contributed by atoms with Gasteiger partial charge in [0.05, 0.1) is 11.6 Å². The molecular formula is C21H16FN3O4S. The van der Waals surface area contributed by atoms with E-state index in [0.29, 0.717) is 40.0 Å². The number of carbonyl (C=O) groups is 2. The Morgan fingerprint density at radius 3 is 2.70 bits per heavy atom. The number of nitrogens with one attached hydrogen (secondary N) is 2. The normalized spacial score (nSPS) is 16.2. The molecule has 0 saturated carbocycles. The molecule has 0 saturated heterocycles. The van der Waals surface area contributed by atoms with Gasteiger partial charge in [-0.05, 0) is 49.2 Å². The van der Waals surface area contributed by atoms with E-state index in [1.165, 1.54) is 35.6 Å². The van der Waals surface area contributed by atoms with Crippen LogP contribution < -0.4 is 20.1 Å². The minimum Gasteiger partial charge on any atom is -0.454 e. The average Bonchev–Trinajstić information content (AvgIpc) is 3.43. The van der Waals surface area contributed by atoms with Crippen molar-refractivity contribution in [2.75, 3.05) is 17.4 Å². The van der Waals surface area contributed by atoms with Crippen LogP contribution in [0.1, 0.15) is 33.3 Å². The number of nitrogens with zero attached hydrogens (tertiary/aromatic N) is 1. The Morgan fingerprint density at radius 2 is 1.87 bits per heavy atom. The summed E-state index contributed by atoms with van der Waals surface area (Å²) in [6.45, 7) is 0.171. The number of benzene rings is 2. The molecule has 0 bridgehead atoms. The molecule has 0 fully saturated rings. The number of carbonyl (C=O) groups excluding carboxylic acids is 2. The van der Waals surface area contributed by atoms with Gasteiger partial charge in [0.25, 0.3) is 5.91 Å². The zero-order valence-corrected chi connectivity index (χ0v) is 16.4. The third kappa shape index (κ3) is 3.48. The number of ether oxygens (including phenoxy) is 2. The van der Waals surface area contributed by atoms with Crippen molar-refractivity contribution in [1.29, 1.82) is 0 Å². The van der Waals surface area contributed by atoms with Gasteiger partial charge >= 0.3 is 0 Å². The van der Waals surface area contributed by atoms with Gasteiger partial charge < -0.3 is 14.8 Å². The highest BCUT2D eigenvalue weighted by molar-refractivity contribution is 7.16. The maximum Gasteiger partial charge on any atom is 0.257 e. The van der Waals surface area contributed by atoms with E-state index in [4.69, 9.17) is 9.47 Å². The van der Waals surface area contributed by atoms with Crippen molar-refractivity contribution in [1.82, 2.24) is 4.98 Å². The van der Waals surface area contributed by atoms with Crippen LogP contribution in [0.25, 0.3) is 0 Å². The topological polar surface area (TPSA) is 89.6 Å². The Labute approximate surface area is 174 Å². The number of thiazole rings is 1. The Morgan fingerprint density at radius 1 is 1.07 bits per heavy atom. The van der Waals surface area contributed by atoms with Crippen molar-refractivity contribution >= 4 is 34.0 Å². The molecule has 1 aromatic heterocycles. The highest BCUT2D eigenvalue weighted by Gasteiger charge is 2.33. The third-order valence-electron chi connectivity index (χ3n) is 5.00. The SMILES string of the molecule is O=C(Nc1nc2c(s1)CC[C@H]2C(=O)Nc1ccc2c(c1)OCO2)c1ccc(F)cc1. The van der Waals surface area contributed by atoms with E-state index in [9.17, 15) is 14.0 Å². The Kier molecular flexibility index (Phi) is 4.59. The van der Waals surface area contributed by atoms with Crippen LogP contribution in [0.2, 0.25) is 0 Å². The Balaban J connectivity index is 1.28. The first-order valence-corrected chi connectivity index (χ1v) is 10.2. The van der Waals surface area contributed by atoms with E-state index in [0.717, 1.165) is 11.3 Å². The maximum atomic E-state index is 13.0. The van der Waals surface area contributed by atoms with Gasteiger partial charge in [-0.1, -0.05) is 0 Å². The number of aryl methyl sites for hydroxylation is 1. The minimum atomic E-state index is -0.406. The molecule has 2 aliphatic rings. The predicted molar refractivity (Wildman–Crippen MR) is 109 cm³/mol. The minimum absolute atomic E-state index is 0.158. The van der Waals surface area contributed by atoms with Gasteiger partial charge in [-0.25, -0.2) is 9.37 Å². The lowest BCUT2D eigenvalue weighted by atomic mass is 10.1. The van der Waals surface area contributed by atoms with Gasteiger partial charge in [0, 0.05) is 22.2 Å². The van der Waals surface area contributed by atoms with Crippen molar-refractivity contribution < 1.29 is 23.5 Å². The standard InChI is InChI=1S/C21H16FN3O4S/c22-12-3-1-11(2-4-12)19(26)25-21-24-18-14(6-8-17(18)30-21)20(27)23-13-5-7-15-16(9-13)29-10-28-15/h1-5,7,9,14H,6,8,10H2,(H,23,27)(H,24,25,26)/t14-/m1/s1. The van der Waals surface area contributed by atoms with E-state index in [2.05, 4.69) is 15.6 Å². The zero-order valence-electron chi connectivity index (χ0n) is 15.6. The van der Waals surface area contributed by atoms with Crippen molar-refractivity contribution in [3.05, 3.63) is 64.4 Å². The summed E-state index contributed by atoms with van der Waals surface area (Å²) in [7, 11) is 0. The van der Waals surface area contributed by atoms with Crippen molar-refractivity contribution in [3.63, 3.8) is 0 Å². The second-order valence-electron chi connectivity index (χ2n) is 6.94. The number of hydrogen-bond donors (Lipinski definition) is 2. The van der Waals surface area contributed by atoms with Gasteiger partial charge in [0.1, 0.15) is 5.82 Å². The molecule has 2 amide bonds. The molecule has 0 spiro atoms. The predicted octanol–water partition coefficient (Wildman–Crippen LogP) is 3.93. The van der Waals surface area contributed by atoms with E-state index >= 15 is 0 Å². The molecular weight excluding hydrogens is 409 g/mol. The number of amides is 2. The van der Waals surface area contributed by atoms with Gasteiger partial charge in [-0.2, -0.15) is 0 Å². The zero-order chi connectivity index (χ0) is 20.7. The highest BCUT2D eigenvalue weighted by Crippen LogP contribution is 2.40. The van der Waals surface area contributed by atoms with Crippen LogP contribution in [0, 0.1) is 5.82 Å². The molecule has 7 nitrogen and oxygen atoms in total.